The van der Waals surface area contributed by atoms with Crippen molar-refractivity contribution in [2.24, 2.45) is 0 Å². The summed E-state index contributed by atoms with van der Waals surface area (Å²) in [6.45, 7) is 4.91. The number of amides is 1. The van der Waals surface area contributed by atoms with Crippen LogP contribution in [0.2, 0.25) is 0 Å². The van der Waals surface area contributed by atoms with E-state index in [4.69, 9.17) is 0 Å². The van der Waals surface area contributed by atoms with Gasteiger partial charge in [0.25, 0.3) is 5.91 Å². The summed E-state index contributed by atoms with van der Waals surface area (Å²) in [6.07, 6.45) is 1.73. The van der Waals surface area contributed by atoms with Crippen molar-refractivity contribution in [2.45, 2.75) is 26.3 Å². The van der Waals surface area contributed by atoms with Gasteiger partial charge in [-0.3, -0.25) is 9.78 Å². The van der Waals surface area contributed by atoms with Gasteiger partial charge in [-0.25, -0.2) is 0 Å². The number of carbonyl (C=O) groups is 1. The molecular formula is C11H14N2O. The Kier molecular flexibility index (Phi) is 2.02. The molecule has 0 radical (unpaired) electrons. The Bertz CT molecular complexity index is 385. The number of aromatic nitrogens is 1. The second-order valence-electron chi connectivity index (χ2n) is 4.04. The van der Waals surface area contributed by atoms with E-state index in [0.717, 1.165) is 16.8 Å². The first-order valence-electron chi connectivity index (χ1n) is 4.84. The summed E-state index contributed by atoms with van der Waals surface area (Å²) < 4.78 is 0. The molecule has 2 heterocycles. The Labute approximate surface area is 83.8 Å². The fraction of sp³-hybridized carbons (Fsp3) is 0.455. The summed E-state index contributed by atoms with van der Waals surface area (Å²) in [5.74, 6) is 0.494. The van der Waals surface area contributed by atoms with Crippen LogP contribution >= 0.6 is 0 Å². The van der Waals surface area contributed by atoms with Crippen molar-refractivity contribution in [3.63, 3.8) is 0 Å². The average molecular weight is 190 g/mol. The zero-order chi connectivity index (χ0) is 10.3. The lowest BCUT2D eigenvalue weighted by molar-refractivity contribution is 0.0816. The van der Waals surface area contributed by atoms with Gasteiger partial charge in [0.05, 0.1) is 0 Å². The van der Waals surface area contributed by atoms with Crippen molar-refractivity contribution < 1.29 is 4.79 Å². The van der Waals surface area contributed by atoms with Gasteiger partial charge in [0, 0.05) is 36.6 Å². The third kappa shape index (κ3) is 1.20. The van der Waals surface area contributed by atoms with E-state index in [1.807, 2.05) is 13.1 Å². The van der Waals surface area contributed by atoms with Gasteiger partial charge in [-0.1, -0.05) is 13.8 Å². The topological polar surface area (TPSA) is 33.2 Å². The van der Waals surface area contributed by atoms with E-state index in [-0.39, 0.29) is 5.91 Å². The van der Waals surface area contributed by atoms with Gasteiger partial charge < -0.3 is 4.90 Å². The molecule has 0 fully saturated rings. The fourth-order valence-electron chi connectivity index (χ4n) is 1.89. The van der Waals surface area contributed by atoms with E-state index < -0.39 is 0 Å². The molecule has 74 valence electrons. The van der Waals surface area contributed by atoms with Crippen molar-refractivity contribution in [1.82, 2.24) is 9.88 Å². The molecule has 1 aromatic heterocycles. The first kappa shape index (κ1) is 9.19. The molecule has 1 aliphatic heterocycles. The molecule has 0 bridgehead atoms. The smallest absolute Gasteiger partial charge is 0.254 e. The molecule has 1 amide bonds. The molecule has 0 saturated heterocycles. The van der Waals surface area contributed by atoms with Crippen molar-refractivity contribution in [1.29, 1.82) is 0 Å². The predicted octanol–water partition coefficient (Wildman–Crippen LogP) is 1.79. The number of pyridine rings is 1. The summed E-state index contributed by atoms with van der Waals surface area (Å²) in [4.78, 5) is 17.7. The van der Waals surface area contributed by atoms with Crippen LogP contribution in [0.25, 0.3) is 0 Å². The maximum atomic E-state index is 11.7. The largest absolute Gasteiger partial charge is 0.337 e. The molecule has 1 aliphatic rings. The molecule has 0 aliphatic carbocycles. The van der Waals surface area contributed by atoms with Gasteiger partial charge in [0.2, 0.25) is 0 Å². The Morgan fingerprint density at radius 3 is 2.86 bits per heavy atom. The molecule has 3 heteroatoms. The van der Waals surface area contributed by atoms with Gasteiger partial charge in [-0.05, 0) is 12.0 Å². The number of hydrogen-bond acceptors (Lipinski definition) is 2. The van der Waals surface area contributed by atoms with E-state index in [9.17, 15) is 4.79 Å². The van der Waals surface area contributed by atoms with E-state index in [2.05, 4.69) is 18.8 Å². The van der Waals surface area contributed by atoms with Gasteiger partial charge >= 0.3 is 0 Å². The third-order valence-electron chi connectivity index (χ3n) is 2.61. The minimum atomic E-state index is 0.115. The lowest BCUT2D eigenvalue weighted by Gasteiger charge is -2.09. The number of fused-ring (bicyclic) bond motifs is 1. The van der Waals surface area contributed by atoms with Crippen LogP contribution in [0.3, 0.4) is 0 Å². The van der Waals surface area contributed by atoms with E-state index >= 15 is 0 Å². The van der Waals surface area contributed by atoms with E-state index in [0.29, 0.717) is 12.5 Å². The molecular weight excluding hydrogens is 176 g/mol. The van der Waals surface area contributed by atoms with Gasteiger partial charge in [0.1, 0.15) is 0 Å². The summed E-state index contributed by atoms with van der Waals surface area (Å²) in [5.41, 5.74) is 2.99. The van der Waals surface area contributed by atoms with Gasteiger partial charge in [-0.15, -0.1) is 0 Å². The van der Waals surface area contributed by atoms with Crippen molar-refractivity contribution in [3.05, 3.63) is 29.1 Å². The molecule has 2 rings (SSSR count). The maximum absolute atomic E-state index is 11.7. The molecule has 3 nitrogen and oxygen atoms in total. The molecule has 0 spiro atoms. The first-order chi connectivity index (χ1) is 6.61. The predicted molar refractivity (Wildman–Crippen MR) is 54.1 cm³/mol. The number of hydrogen-bond donors (Lipinski definition) is 0. The molecule has 1 aromatic rings. The van der Waals surface area contributed by atoms with Crippen LogP contribution in [-0.4, -0.2) is 22.8 Å². The van der Waals surface area contributed by atoms with E-state index in [1.54, 1.807) is 11.1 Å². The monoisotopic (exact) mass is 190 g/mol. The van der Waals surface area contributed by atoms with Crippen molar-refractivity contribution in [2.75, 3.05) is 7.05 Å². The lowest BCUT2D eigenvalue weighted by Crippen LogP contribution is -2.17. The van der Waals surface area contributed by atoms with Crippen LogP contribution in [-0.2, 0) is 6.54 Å². The second-order valence-corrected chi connectivity index (χ2v) is 4.04. The fourth-order valence-corrected chi connectivity index (χ4v) is 1.89. The zero-order valence-electron chi connectivity index (χ0n) is 8.74. The Morgan fingerprint density at radius 1 is 1.50 bits per heavy atom. The summed E-state index contributed by atoms with van der Waals surface area (Å²) in [7, 11) is 1.83. The minimum Gasteiger partial charge on any atom is -0.337 e. The highest BCUT2D eigenvalue weighted by atomic mass is 16.2. The van der Waals surface area contributed by atoms with Gasteiger partial charge in [0.15, 0.2) is 0 Å². The third-order valence-corrected chi connectivity index (χ3v) is 2.61. The summed E-state index contributed by atoms with van der Waals surface area (Å²) in [6, 6.07) is 1.81. The Morgan fingerprint density at radius 2 is 2.21 bits per heavy atom. The zero-order valence-corrected chi connectivity index (χ0v) is 8.74. The highest BCUT2D eigenvalue weighted by Gasteiger charge is 2.27. The quantitative estimate of drug-likeness (QED) is 0.676. The number of rotatable bonds is 1. The standard InChI is InChI=1S/C11H14N2O/c1-7(2)10-9-6-13(3)11(14)8(9)4-5-12-10/h4-5,7H,6H2,1-3H3. The normalized spacial score (nSPS) is 15.1. The van der Waals surface area contributed by atoms with E-state index in [1.165, 1.54) is 0 Å². The molecule has 0 aromatic carbocycles. The minimum absolute atomic E-state index is 0.115. The van der Waals surface area contributed by atoms with Crippen LogP contribution < -0.4 is 0 Å². The van der Waals surface area contributed by atoms with Crippen LogP contribution in [0.1, 0.15) is 41.4 Å². The first-order valence-corrected chi connectivity index (χ1v) is 4.84. The van der Waals surface area contributed by atoms with Crippen LogP contribution in [0.15, 0.2) is 12.3 Å². The number of carbonyl (C=O) groups excluding carboxylic acids is 1. The highest BCUT2D eigenvalue weighted by Crippen LogP contribution is 2.27. The molecule has 14 heavy (non-hydrogen) atoms. The Hall–Kier alpha value is -1.38. The maximum Gasteiger partial charge on any atom is 0.254 e. The average Bonchev–Trinajstić information content (AvgIpc) is 2.43. The van der Waals surface area contributed by atoms with Crippen molar-refractivity contribution >= 4 is 5.91 Å². The lowest BCUT2D eigenvalue weighted by atomic mass is 10.0. The molecule has 0 unspecified atom stereocenters. The highest BCUT2D eigenvalue weighted by molar-refractivity contribution is 5.98. The van der Waals surface area contributed by atoms with Gasteiger partial charge in [-0.2, -0.15) is 0 Å². The Balaban J connectivity index is 2.56. The number of nitrogens with zero attached hydrogens (tertiary/aromatic N) is 2. The van der Waals surface area contributed by atoms with Crippen LogP contribution in [0.4, 0.5) is 0 Å². The van der Waals surface area contributed by atoms with Crippen molar-refractivity contribution in [3.8, 4) is 0 Å². The molecule has 0 atom stereocenters. The molecule has 0 N–H and O–H groups in total. The SMILES string of the molecule is CC(C)c1nccc2c1CN(C)C2=O. The van der Waals surface area contributed by atoms with Crippen LogP contribution in [0, 0.1) is 0 Å². The van der Waals surface area contributed by atoms with Crippen LogP contribution in [0.5, 0.6) is 0 Å². The molecule has 0 saturated carbocycles. The summed E-state index contributed by atoms with van der Waals surface area (Å²) in [5, 5.41) is 0. The second kappa shape index (κ2) is 3.08. The summed E-state index contributed by atoms with van der Waals surface area (Å²) >= 11 is 0.